The lowest BCUT2D eigenvalue weighted by Gasteiger charge is -2.25. The second-order valence-corrected chi connectivity index (χ2v) is 7.54. The molecule has 0 saturated carbocycles. The highest BCUT2D eigenvalue weighted by Crippen LogP contribution is 2.35. The van der Waals surface area contributed by atoms with Crippen LogP contribution in [0.4, 0.5) is 0 Å². The summed E-state index contributed by atoms with van der Waals surface area (Å²) in [5, 5.41) is 2.58. The fourth-order valence-corrected chi connectivity index (χ4v) is 3.56. The molecule has 2 amide bonds. The van der Waals surface area contributed by atoms with Crippen LogP contribution in [0.15, 0.2) is 48.0 Å². The smallest absolute Gasteiger partial charge is 0.265 e. The minimum atomic E-state index is -0.522. The van der Waals surface area contributed by atoms with Crippen LogP contribution in [0.2, 0.25) is 0 Å². The van der Waals surface area contributed by atoms with Gasteiger partial charge >= 0.3 is 0 Å². The average Bonchev–Trinajstić information content (AvgIpc) is 2.69. The summed E-state index contributed by atoms with van der Waals surface area (Å²) in [6.07, 6.45) is 1.52. The zero-order valence-electron chi connectivity index (χ0n) is 15.2. The minimum absolute atomic E-state index is 0.00640. The van der Waals surface area contributed by atoms with Crippen molar-refractivity contribution in [2.75, 3.05) is 14.2 Å². The van der Waals surface area contributed by atoms with E-state index in [1.807, 2.05) is 36.4 Å². The summed E-state index contributed by atoms with van der Waals surface area (Å²) >= 11 is 7.09. The fourth-order valence-electron chi connectivity index (χ4n) is 2.61. The lowest BCUT2D eigenvalue weighted by molar-refractivity contribution is -0.128. The van der Waals surface area contributed by atoms with Gasteiger partial charge in [0.15, 0.2) is 16.6 Å². The Bertz CT molecular complexity index is 976. The predicted molar refractivity (Wildman–Crippen MR) is 118 cm³/mol. The molecule has 0 atom stereocenters. The zero-order valence-corrected chi connectivity index (χ0v) is 18.2. The fraction of sp³-hybridized carbons (Fsp3) is 0.150. The van der Waals surface area contributed by atoms with Crippen molar-refractivity contribution in [3.63, 3.8) is 0 Å². The molecule has 1 fully saturated rings. The molecule has 8 heteroatoms. The number of nitrogens with zero attached hydrogens (tertiary/aromatic N) is 1. The first-order valence-corrected chi connectivity index (χ1v) is 9.78. The third kappa shape index (κ3) is 4.33. The van der Waals surface area contributed by atoms with Crippen molar-refractivity contribution in [3.8, 4) is 11.5 Å². The molecule has 0 aromatic heterocycles. The predicted octanol–water partition coefficient (Wildman–Crippen LogP) is 3.14. The average molecular weight is 508 g/mol. The maximum atomic E-state index is 12.4. The summed E-state index contributed by atoms with van der Waals surface area (Å²) in [5.41, 5.74) is 1.69. The molecule has 1 heterocycles. The number of halogens is 1. The Morgan fingerprint density at radius 2 is 1.93 bits per heavy atom. The first-order chi connectivity index (χ1) is 13.4. The van der Waals surface area contributed by atoms with Crippen molar-refractivity contribution >= 4 is 57.8 Å². The van der Waals surface area contributed by atoms with Crippen LogP contribution in [0, 0.1) is 3.57 Å². The number of hydrogen-bond acceptors (Lipinski definition) is 5. The summed E-state index contributed by atoms with van der Waals surface area (Å²) in [4.78, 5) is 25.8. The molecule has 28 heavy (non-hydrogen) atoms. The number of amides is 2. The highest BCUT2D eigenvalue weighted by Gasteiger charge is 2.30. The number of ether oxygens (including phenoxy) is 2. The van der Waals surface area contributed by atoms with E-state index >= 15 is 0 Å². The Balaban J connectivity index is 1.89. The van der Waals surface area contributed by atoms with Crippen molar-refractivity contribution in [1.29, 1.82) is 0 Å². The van der Waals surface area contributed by atoms with Gasteiger partial charge in [0, 0.05) is 7.05 Å². The molecule has 1 saturated heterocycles. The molecule has 0 radical (unpaired) electrons. The van der Waals surface area contributed by atoms with Crippen LogP contribution in [0.5, 0.6) is 11.5 Å². The third-order valence-electron chi connectivity index (χ3n) is 4.09. The molecule has 6 nitrogen and oxygen atoms in total. The Morgan fingerprint density at radius 3 is 2.61 bits per heavy atom. The number of hydrogen-bond donors (Lipinski definition) is 1. The van der Waals surface area contributed by atoms with Crippen molar-refractivity contribution in [2.45, 2.75) is 6.61 Å². The van der Waals surface area contributed by atoms with Crippen LogP contribution >= 0.6 is 34.8 Å². The Morgan fingerprint density at radius 1 is 1.21 bits per heavy atom. The first kappa shape index (κ1) is 20.3. The summed E-state index contributed by atoms with van der Waals surface area (Å²) in [6.45, 7) is 0.400. The standard InChI is InChI=1S/C20H17IN2O4S/c1-23-19(25)14(18(24)22-20(23)28)8-13-9-15(21)17(16(10-13)26-2)27-11-12-6-4-3-5-7-12/h3-10H,11H2,1-2H3,(H,22,24,28)/b14-8+. The van der Waals surface area contributed by atoms with Gasteiger partial charge in [-0.3, -0.25) is 19.8 Å². The molecule has 1 aliphatic rings. The molecule has 1 aliphatic heterocycles. The van der Waals surface area contributed by atoms with Gasteiger partial charge < -0.3 is 9.47 Å². The van der Waals surface area contributed by atoms with E-state index in [9.17, 15) is 9.59 Å². The summed E-state index contributed by atoms with van der Waals surface area (Å²) in [7, 11) is 3.06. The molecular formula is C20H17IN2O4S. The molecule has 2 aromatic carbocycles. The van der Waals surface area contributed by atoms with Gasteiger partial charge in [0.2, 0.25) is 0 Å². The van der Waals surface area contributed by atoms with E-state index in [2.05, 4.69) is 27.9 Å². The van der Waals surface area contributed by atoms with Gasteiger partial charge in [-0.05, 0) is 64.1 Å². The lowest BCUT2D eigenvalue weighted by atomic mass is 10.1. The van der Waals surface area contributed by atoms with Gasteiger partial charge in [0.05, 0.1) is 10.7 Å². The van der Waals surface area contributed by atoms with E-state index in [1.54, 1.807) is 13.2 Å². The second kappa shape index (κ2) is 8.70. The number of nitrogens with one attached hydrogen (secondary N) is 1. The minimum Gasteiger partial charge on any atom is -0.493 e. The number of rotatable bonds is 5. The van der Waals surface area contributed by atoms with Gasteiger partial charge in [-0.1, -0.05) is 30.3 Å². The lowest BCUT2D eigenvalue weighted by Crippen LogP contribution is -2.52. The van der Waals surface area contributed by atoms with Crippen molar-refractivity contribution in [2.24, 2.45) is 0 Å². The van der Waals surface area contributed by atoms with Gasteiger partial charge in [0.25, 0.3) is 11.8 Å². The number of benzene rings is 2. The quantitative estimate of drug-likeness (QED) is 0.291. The van der Waals surface area contributed by atoms with Crippen LogP contribution in [0.25, 0.3) is 6.08 Å². The molecular weight excluding hydrogens is 491 g/mol. The maximum Gasteiger partial charge on any atom is 0.265 e. The second-order valence-electron chi connectivity index (χ2n) is 5.99. The molecule has 0 aliphatic carbocycles. The Kier molecular flexibility index (Phi) is 6.30. The van der Waals surface area contributed by atoms with Gasteiger partial charge in [0.1, 0.15) is 12.2 Å². The van der Waals surface area contributed by atoms with Gasteiger partial charge in [-0.15, -0.1) is 0 Å². The summed E-state index contributed by atoms with van der Waals surface area (Å²) < 4.78 is 12.2. The summed E-state index contributed by atoms with van der Waals surface area (Å²) in [5.74, 6) is 0.146. The third-order valence-corrected chi connectivity index (χ3v) is 5.27. The maximum absolute atomic E-state index is 12.4. The zero-order chi connectivity index (χ0) is 20.3. The topological polar surface area (TPSA) is 67.9 Å². The Labute approximate surface area is 181 Å². The molecule has 2 aromatic rings. The van der Waals surface area contributed by atoms with E-state index in [0.29, 0.717) is 23.7 Å². The van der Waals surface area contributed by atoms with Gasteiger partial charge in [-0.2, -0.15) is 0 Å². The van der Waals surface area contributed by atoms with E-state index in [0.717, 1.165) is 9.13 Å². The van der Waals surface area contributed by atoms with Crippen LogP contribution in [-0.4, -0.2) is 36.0 Å². The van der Waals surface area contributed by atoms with Crippen molar-refractivity contribution in [1.82, 2.24) is 10.2 Å². The van der Waals surface area contributed by atoms with Crippen LogP contribution < -0.4 is 14.8 Å². The molecule has 1 N–H and O–H groups in total. The number of methoxy groups -OCH3 is 1. The first-order valence-electron chi connectivity index (χ1n) is 8.30. The number of carbonyl (C=O) groups is 2. The molecule has 0 spiro atoms. The van der Waals surface area contributed by atoms with Crippen molar-refractivity contribution < 1.29 is 19.1 Å². The van der Waals surface area contributed by atoms with E-state index < -0.39 is 11.8 Å². The van der Waals surface area contributed by atoms with Crippen molar-refractivity contribution in [3.05, 3.63) is 62.7 Å². The van der Waals surface area contributed by atoms with E-state index in [4.69, 9.17) is 21.7 Å². The normalized spacial score (nSPS) is 15.6. The summed E-state index contributed by atoms with van der Waals surface area (Å²) in [6, 6.07) is 13.4. The SMILES string of the molecule is COc1cc(/C=C2\C(=O)NC(=S)N(C)C2=O)cc(I)c1OCc1ccccc1. The van der Waals surface area contributed by atoms with Crippen LogP contribution in [0.1, 0.15) is 11.1 Å². The molecule has 3 rings (SSSR count). The monoisotopic (exact) mass is 508 g/mol. The van der Waals surface area contributed by atoms with Crippen LogP contribution in [-0.2, 0) is 16.2 Å². The Hall–Kier alpha value is -2.46. The number of carbonyl (C=O) groups excluding carboxylic acids is 2. The highest BCUT2D eigenvalue weighted by atomic mass is 127. The van der Waals surface area contributed by atoms with E-state index in [-0.39, 0.29) is 10.7 Å². The number of thiocarbonyl (C=S) groups is 1. The van der Waals surface area contributed by atoms with Gasteiger partial charge in [-0.25, -0.2) is 0 Å². The van der Waals surface area contributed by atoms with E-state index in [1.165, 1.54) is 18.0 Å². The molecule has 144 valence electrons. The largest absolute Gasteiger partial charge is 0.493 e. The van der Waals surface area contributed by atoms with Crippen LogP contribution in [0.3, 0.4) is 0 Å². The highest BCUT2D eigenvalue weighted by molar-refractivity contribution is 14.1. The molecule has 0 unspecified atom stereocenters. The molecule has 0 bridgehead atoms. The number of likely N-dealkylation sites (N-methyl/N-ethyl adjacent to an activating group) is 1.